The number of fused-ring (bicyclic) bond motifs is 1. The largest absolute Gasteiger partial charge is 0.353 e. The Kier molecular flexibility index (Phi) is 4.65. The third-order valence-electron chi connectivity index (χ3n) is 5.14. The molecule has 0 bridgehead atoms. The topological polar surface area (TPSA) is 89.3 Å². The van der Waals surface area contributed by atoms with Crippen LogP contribution in [0.5, 0.6) is 0 Å². The highest BCUT2D eigenvalue weighted by molar-refractivity contribution is 6.01. The molecule has 1 atom stereocenters. The van der Waals surface area contributed by atoms with Gasteiger partial charge in [0.25, 0.3) is 0 Å². The van der Waals surface area contributed by atoms with Gasteiger partial charge in [0.05, 0.1) is 17.6 Å². The molecule has 4 rings (SSSR count). The van der Waals surface area contributed by atoms with E-state index in [1.165, 1.54) is 12.1 Å². The first-order valence-corrected chi connectivity index (χ1v) is 9.04. The number of piperazine rings is 1. The highest BCUT2D eigenvalue weighted by Gasteiger charge is 2.35. The van der Waals surface area contributed by atoms with E-state index in [9.17, 15) is 14.0 Å². The SMILES string of the molecule is N#Cc1ccnc(N2CCN(C(=O)[C@@H]3CC(=O)Nc4cc(F)ccc43)CC2)c1. The van der Waals surface area contributed by atoms with Crippen LogP contribution in [0, 0.1) is 17.1 Å². The molecule has 7 nitrogen and oxygen atoms in total. The zero-order chi connectivity index (χ0) is 19.7. The minimum Gasteiger partial charge on any atom is -0.353 e. The van der Waals surface area contributed by atoms with Gasteiger partial charge in [0, 0.05) is 44.5 Å². The van der Waals surface area contributed by atoms with Crippen LogP contribution in [0.4, 0.5) is 15.9 Å². The summed E-state index contributed by atoms with van der Waals surface area (Å²) in [7, 11) is 0. The van der Waals surface area contributed by atoms with Crippen molar-refractivity contribution in [3.8, 4) is 6.07 Å². The van der Waals surface area contributed by atoms with E-state index in [1.54, 1.807) is 29.3 Å². The molecule has 0 unspecified atom stereocenters. The first-order chi connectivity index (χ1) is 13.5. The molecule has 2 amide bonds. The number of anilines is 2. The second kappa shape index (κ2) is 7.27. The van der Waals surface area contributed by atoms with E-state index in [0.717, 1.165) is 0 Å². The van der Waals surface area contributed by atoms with Crippen molar-refractivity contribution in [3.63, 3.8) is 0 Å². The summed E-state index contributed by atoms with van der Waals surface area (Å²) in [5.41, 5.74) is 1.56. The van der Waals surface area contributed by atoms with E-state index in [2.05, 4.69) is 16.4 Å². The Hall–Kier alpha value is -3.47. The number of pyridine rings is 1. The van der Waals surface area contributed by atoms with Gasteiger partial charge in [-0.3, -0.25) is 9.59 Å². The predicted octanol–water partition coefficient (Wildman–Crippen LogP) is 1.87. The zero-order valence-electron chi connectivity index (χ0n) is 15.1. The number of carbonyl (C=O) groups is 2. The van der Waals surface area contributed by atoms with E-state index >= 15 is 0 Å². The van der Waals surface area contributed by atoms with Crippen molar-refractivity contribution in [2.45, 2.75) is 12.3 Å². The molecule has 1 aromatic heterocycles. The summed E-state index contributed by atoms with van der Waals surface area (Å²) in [4.78, 5) is 33.1. The van der Waals surface area contributed by atoms with E-state index in [-0.39, 0.29) is 18.2 Å². The van der Waals surface area contributed by atoms with Gasteiger partial charge in [0.1, 0.15) is 11.6 Å². The molecule has 1 aromatic carbocycles. The minimum absolute atomic E-state index is 0.0590. The van der Waals surface area contributed by atoms with Crippen molar-refractivity contribution < 1.29 is 14.0 Å². The van der Waals surface area contributed by atoms with E-state index in [4.69, 9.17) is 5.26 Å². The molecule has 1 fully saturated rings. The lowest BCUT2D eigenvalue weighted by molar-refractivity contribution is -0.135. The second-order valence-corrected chi connectivity index (χ2v) is 6.86. The van der Waals surface area contributed by atoms with E-state index < -0.39 is 11.7 Å². The highest BCUT2D eigenvalue weighted by atomic mass is 19.1. The average Bonchev–Trinajstić information content (AvgIpc) is 2.72. The molecule has 0 spiro atoms. The lowest BCUT2D eigenvalue weighted by Gasteiger charge is -2.38. The molecular weight excluding hydrogens is 361 g/mol. The summed E-state index contributed by atoms with van der Waals surface area (Å²) in [5, 5.41) is 11.7. The van der Waals surface area contributed by atoms with Gasteiger partial charge in [-0.05, 0) is 29.8 Å². The standard InChI is InChI=1S/C20H18FN5O2/c21-14-1-2-15-16(11-19(27)24-17(15)10-14)20(28)26-7-5-25(6-8-26)18-9-13(12-22)3-4-23-18/h1-4,9-10,16H,5-8,11H2,(H,24,27)/t16-/m1/s1. The minimum atomic E-state index is -0.601. The van der Waals surface area contributed by atoms with Crippen LogP contribution < -0.4 is 10.2 Å². The van der Waals surface area contributed by atoms with Crippen LogP contribution in [0.1, 0.15) is 23.5 Å². The molecule has 0 aliphatic carbocycles. The Morgan fingerprint density at radius 3 is 2.75 bits per heavy atom. The molecule has 1 N–H and O–H groups in total. The van der Waals surface area contributed by atoms with Crippen molar-refractivity contribution in [1.29, 1.82) is 5.26 Å². The van der Waals surface area contributed by atoms with Crippen LogP contribution in [0.3, 0.4) is 0 Å². The number of nitrogens with one attached hydrogen (secondary N) is 1. The fourth-order valence-corrected chi connectivity index (χ4v) is 3.69. The van der Waals surface area contributed by atoms with Gasteiger partial charge in [-0.2, -0.15) is 5.26 Å². The molecule has 2 aromatic rings. The van der Waals surface area contributed by atoms with Crippen molar-refractivity contribution in [1.82, 2.24) is 9.88 Å². The van der Waals surface area contributed by atoms with Crippen LogP contribution in [0.25, 0.3) is 0 Å². The molecule has 0 saturated carbocycles. The first kappa shape index (κ1) is 17.9. The maximum absolute atomic E-state index is 13.5. The molecular formula is C20H18FN5O2. The smallest absolute Gasteiger partial charge is 0.230 e. The third-order valence-corrected chi connectivity index (χ3v) is 5.14. The van der Waals surface area contributed by atoms with Gasteiger partial charge in [-0.25, -0.2) is 9.37 Å². The number of carbonyl (C=O) groups excluding carboxylic acids is 2. The number of aromatic nitrogens is 1. The molecule has 3 heterocycles. The van der Waals surface area contributed by atoms with Crippen LogP contribution in [0.2, 0.25) is 0 Å². The Morgan fingerprint density at radius 1 is 1.21 bits per heavy atom. The number of nitrogens with zero attached hydrogens (tertiary/aromatic N) is 4. The van der Waals surface area contributed by atoms with Gasteiger partial charge in [-0.1, -0.05) is 6.07 Å². The fourth-order valence-electron chi connectivity index (χ4n) is 3.69. The maximum atomic E-state index is 13.5. The number of nitriles is 1. The van der Waals surface area contributed by atoms with Crippen molar-refractivity contribution in [2.24, 2.45) is 0 Å². The number of hydrogen-bond donors (Lipinski definition) is 1. The molecule has 1 saturated heterocycles. The Labute approximate surface area is 161 Å². The summed E-state index contributed by atoms with van der Waals surface area (Å²) < 4.78 is 13.5. The molecule has 28 heavy (non-hydrogen) atoms. The van der Waals surface area contributed by atoms with Crippen LogP contribution >= 0.6 is 0 Å². The molecule has 0 radical (unpaired) electrons. The van der Waals surface area contributed by atoms with Gasteiger partial charge in [0.2, 0.25) is 11.8 Å². The van der Waals surface area contributed by atoms with Crippen molar-refractivity contribution in [3.05, 3.63) is 53.5 Å². The number of rotatable bonds is 2. The molecule has 8 heteroatoms. The molecule has 142 valence electrons. The lowest BCUT2D eigenvalue weighted by atomic mass is 9.89. The van der Waals surface area contributed by atoms with Gasteiger partial charge < -0.3 is 15.1 Å². The summed E-state index contributed by atoms with van der Waals surface area (Å²) in [6.45, 7) is 2.16. The average molecular weight is 379 g/mol. The highest BCUT2D eigenvalue weighted by Crippen LogP contribution is 2.34. The predicted molar refractivity (Wildman–Crippen MR) is 100 cm³/mol. The van der Waals surface area contributed by atoms with Gasteiger partial charge in [0.15, 0.2) is 0 Å². The zero-order valence-corrected chi connectivity index (χ0v) is 15.1. The molecule has 2 aliphatic rings. The number of amides is 2. The van der Waals surface area contributed by atoms with Crippen molar-refractivity contribution >= 4 is 23.3 Å². The second-order valence-electron chi connectivity index (χ2n) is 6.86. The van der Waals surface area contributed by atoms with E-state index in [0.29, 0.717) is 48.8 Å². The summed E-state index contributed by atoms with van der Waals surface area (Å²) in [6, 6.07) is 9.60. The van der Waals surface area contributed by atoms with Crippen LogP contribution in [0.15, 0.2) is 36.5 Å². The van der Waals surface area contributed by atoms with Crippen molar-refractivity contribution in [2.75, 3.05) is 36.4 Å². The van der Waals surface area contributed by atoms with Gasteiger partial charge in [-0.15, -0.1) is 0 Å². The third kappa shape index (κ3) is 3.39. The fraction of sp³-hybridized carbons (Fsp3) is 0.300. The normalized spacial score (nSPS) is 18.9. The Balaban J connectivity index is 1.47. The van der Waals surface area contributed by atoms with Crippen LogP contribution in [-0.4, -0.2) is 47.9 Å². The number of benzene rings is 1. The summed E-state index contributed by atoms with van der Waals surface area (Å²) in [5.74, 6) is -0.749. The summed E-state index contributed by atoms with van der Waals surface area (Å²) in [6.07, 6.45) is 1.66. The Bertz CT molecular complexity index is 979. The lowest BCUT2D eigenvalue weighted by Crippen LogP contribution is -2.51. The first-order valence-electron chi connectivity index (χ1n) is 9.04. The number of halogens is 1. The Morgan fingerprint density at radius 2 is 2.00 bits per heavy atom. The van der Waals surface area contributed by atoms with E-state index in [1.807, 2.05) is 4.90 Å². The molecule has 2 aliphatic heterocycles. The quantitative estimate of drug-likeness (QED) is 0.860. The summed E-state index contributed by atoms with van der Waals surface area (Å²) >= 11 is 0. The number of hydrogen-bond acceptors (Lipinski definition) is 5. The monoisotopic (exact) mass is 379 g/mol. The van der Waals surface area contributed by atoms with Crippen LogP contribution in [-0.2, 0) is 9.59 Å². The maximum Gasteiger partial charge on any atom is 0.230 e. The van der Waals surface area contributed by atoms with Gasteiger partial charge >= 0.3 is 0 Å².